The molecule has 2 aromatic rings. The lowest BCUT2D eigenvalue weighted by molar-refractivity contribution is 0.0954. The predicted molar refractivity (Wildman–Crippen MR) is 98.4 cm³/mol. The molecule has 0 saturated heterocycles. The predicted octanol–water partition coefficient (Wildman–Crippen LogP) is 2.57. The van der Waals surface area contributed by atoms with Gasteiger partial charge < -0.3 is 16.0 Å². The van der Waals surface area contributed by atoms with Gasteiger partial charge in [0, 0.05) is 42.8 Å². The van der Waals surface area contributed by atoms with Crippen LogP contribution in [0, 0.1) is 5.82 Å². The third-order valence-corrected chi connectivity index (χ3v) is 3.69. The van der Waals surface area contributed by atoms with E-state index < -0.39 is 0 Å². The number of carbonyl (C=O) groups excluding carboxylic acids is 1. The SMILES string of the molecule is CN=C(NCCNC(=O)c1ccc(Cl)cc1)NCc1ccccc1F. The molecule has 2 rings (SSSR count). The van der Waals surface area contributed by atoms with E-state index in [4.69, 9.17) is 11.6 Å². The van der Waals surface area contributed by atoms with Gasteiger partial charge in [0.05, 0.1) is 0 Å². The largest absolute Gasteiger partial charge is 0.355 e. The smallest absolute Gasteiger partial charge is 0.251 e. The lowest BCUT2D eigenvalue weighted by atomic mass is 10.2. The van der Waals surface area contributed by atoms with Crippen LogP contribution in [0.2, 0.25) is 5.02 Å². The first-order chi connectivity index (χ1) is 12.1. The average Bonchev–Trinajstić information content (AvgIpc) is 2.62. The summed E-state index contributed by atoms with van der Waals surface area (Å²) in [5.41, 5.74) is 1.10. The van der Waals surface area contributed by atoms with Crippen molar-refractivity contribution in [1.29, 1.82) is 0 Å². The van der Waals surface area contributed by atoms with Gasteiger partial charge in [0.2, 0.25) is 0 Å². The molecule has 5 nitrogen and oxygen atoms in total. The Bertz CT molecular complexity index is 734. The van der Waals surface area contributed by atoms with Crippen molar-refractivity contribution in [3.63, 3.8) is 0 Å². The molecule has 0 spiro atoms. The number of rotatable bonds is 6. The molecule has 2 aromatic carbocycles. The maximum atomic E-state index is 13.6. The van der Waals surface area contributed by atoms with Crippen LogP contribution in [0.3, 0.4) is 0 Å². The first kappa shape index (κ1) is 18.7. The summed E-state index contributed by atoms with van der Waals surface area (Å²) >= 11 is 5.79. The molecule has 0 saturated carbocycles. The van der Waals surface area contributed by atoms with Crippen LogP contribution in [0.15, 0.2) is 53.5 Å². The highest BCUT2D eigenvalue weighted by Crippen LogP contribution is 2.09. The number of aliphatic imine (C=N–C) groups is 1. The van der Waals surface area contributed by atoms with Crippen LogP contribution < -0.4 is 16.0 Å². The highest BCUT2D eigenvalue weighted by molar-refractivity contribution is 6.30. The number of nitrogens with zero attached hydrogens (tertiary/aromatic N) is 1. The van der Waals surface area contributed by atoms with Crippen molar-refractivity contribution in [3.05, 3.63) is 70.5 Å². The van der Waals surface area contributed by atoms with Gasteiger partial charge in [-0.25, -0.2) is 4.39 Å². The molecule has 132 valence electrons. The summed E-state index contributed by atoms with van der Waals surface area (Å²) in [5.74, 6) is 0.0949. The topological polar surface area (TPSA) is 65.5 Å². The molecule has 3 N–H and O–H groups in total. The van der Waals surface area contributed by atoms with Crippen LogP contribution in [0.5, 0.6) is 0 Å². The number of amides is 1. The fourth-order valence-electron chi connectivity index (χ4n) is 2.10. The minimum absolute atomic E-state index is 0.173. The zero-order valence-electron chi connectivity index (χ0n) is 13.9. The van der Waals surface area contributed by atoms with E-state index in [9.17, 15) is 9.18 Å². The number of nitrogens with one attached hydrogen (secondary N) is 3. The summed E-state index contributed by atoms with van der Waals surface area (Å²) in [5, 5.41) is 9.46. The first-order valence-electron chi connectivity index (χ1n) is 7.82. The molecular formula is C18H20ClFN4O. The lowest BCUT2D eigenvalue weighted by Crippen LogP contribution is -2.41. The van der Waals surface area contributed by atoms with Gasteiger partial charge in [-0.15, -0.1) is 0 Å². The van der Waals surface area contributed by atoms with E-state index in [1.165, 1.54) is 6.07 Å². The van der Waals surface area contributed by atoms with Gasteiger partial charge in [-0.3, -0.25) is 9.79 Å². The van der Waals surface area contributed by atoms with E-state index >= 15 is 0 Å². The first-order valence-corrected chi connectivity index (χ1v) is 8.19. The van der Waals surface area contributed by atoms with E-state index in [1.54, 1.807) is 49.5 Å². The lowest BCUT2D eigenvalue weighted by Gasteiger charge is -2.12. The van der Waals surface area contributed by atoms with Crippen molar-refractivity contribution in [2.75, 3.05) is 20.1 Å². The standard InChI is InChI=1S/C18H20ClFN4O/c1-21-18(24-12-14-4-2-3-5-16(14)20)23-11-10-22-17(25)13-6-8-15(19)9-7-13/h2-9H,10-12H2,1H3,(H,22,25)(H2,21,23,24). The Labute approximate surface area is 151 Å². The number of benzene rings is 2. The molecule has 0 atom stereocenters. The Kier molecular flexibility index (Phi) is 7.22. The van der Waals surface area contributed by atoms with Gasteiger partial charge in [-0.1, -0.05) is 29.8 Å². The summed E-state index contributed by atoms with van der Waals surface area (Å²) in [4.78, 5) is 16.0. The minimum atomic E-state index is -0.263. The van der Waals surface area contributed by atoms with Crippen molar-refractivity contribution >= 4 is 23.5 Å². The second-order valence-electron chi connectivity index (χ2n) is 5.21. The maximum absolute atomic E-state index is 13.6. The molecule has 0 aliphatic carbocycles. The van der Waals surface area contributed by atoms with Crippen molar-refractivity contribution < 1.29 is 9.18 Å². The monoisotopic (exact) mass is 362 g/mol. The van der Waals surface area contributed by atoms with Gasteiger partial charge in [0.1, 0.15) is 5.82 Å². The Hall–Kier alpha value is -2.60. The number of halogens is 2. The fourth-order valence-corrected chi connectivity index (χ4v) is 2.23. The molecule has 0 aromatic heterocycles. The second-order valence-corrected chi connectivity index (χ2v) is 5.64. The minimum Gasteiger partial charge on any atom is -0.355 e. The average molecular weight is 363 g/mol. The number of hydrogen-bond acceptors (Lipinski definition) is 2. The summed E-state index contributed by atoms with van der Waals surface area (Å²) < 4.78 is 13.6. The molecule has 25 heavy (non-hydrogen) atoms. The molecule has 0 fully saturated rings. The Morgan fingerprint density at radius 1 is 1.04 bits per heavy atom. The van der Waals surface area contributed by atoms with Crippen LogP contribution in [0.25, 0.3) is 0 Å². The van der Waals surface area contributed by atoms with Crippen molar-refractivity contribution in [3.8, 4) is 0 Å². The van der Waals surface area contributed by atoms with Crippen LogP contribution in [0.1, 0.15) is 15.9 Å². The molecule has 0 heterocycles. The fraction of sp³-hybridized carbons (Fsp3) is 0.222. The number of hydrogen-bond donors (Lipinski definition) is 3. The number of guanidine groups is 1. The summed E-state index contributed by atoms with van der Waals surface area (Å²) in [6.45, 7) is 1.22. The maximum Gasteiger partial charge on any atom is 0.251 e. The van der Waals surface area contributed by atoms with Gasteiger partial charge in [0.15, 0.2) is 5.96 Å². The Balaban J connectivity index is 1.71. The van der Waals surface area contributed by atoms with E-state index in [2.05, 4.69) is 20.9 Å². The van der Waals surface area contributed by atoms with Crippen LogP contribution in [-0.4, -0.2) is 32.0 Å². The molecule has 1 amide bonds. The van der Waals surface area contributed by atoms with Crippen molar-refractivity contribution in [2.24, 2.45) is 4.99 Å². The Morgan fingerprint density at radius 3 is 2.40 bits per heavy atom. The highest BCUT2D eigenvalue weighted by Gasteiger charge is 2.05. The third-order valence-electron chi connectivity index (χ3n) is 3.44. The zero-order chi connectivity index (χ0) is 18.1. The van der Waals surface area contributed by atoms with Gasteiger partial charge >= 0.3 is 0 Å². The molecule has 0 aliphatic rings. The van der Waals surface area contributed by atoms with Gasteiger partial charge in [-0.2, -0.15) is 0 Å². The highest BCUT2D eigenvalue weighted by atomic mass is 35.5. The molecule has 0 bridgehead atoms. The van der Waals surface area contributed by atoms with Crippen LogP contribution in [0.4, 0.5) is 4.39 Å². The molecule has 7 heteroatoms. The normalized spacial score (nSPS) is 11.1. The Morgan fingerprint density at radius 2 is 1.72 bits per heavy atom. The van der Waals surface area contributed by atoms with Crippen molar-refractivity contribution in [2.45, 2.75) is 6.54 Å². The van der Waals surface area contributed by atoms with Crippen molar-refractivity contribution in [1.82, 2.24) is 16.0 Å². The quantitative estimate of drug-likeness (QED) is 0.420. The van der Waals surface area contributed by atoms with Gasteiger partial charge in [-0.05, 0) is 30.3 Å². The van der Waals surface area contributed by atoms with E-state index in [1.807, 2.05) is 0 Å². The summed E-state index contributed by atoms with van der Waals surface area (Å²) in [6, 6.07) is 13.2. The summed E-state index contributed by atoms with van der Waals surface area (Å²) in [7, 11) is 1.63. The molecule has 0 unspecified atom stereocenters. The van der Waals surface area contributed by atoms with E-state index in [-0.39, 0.29) is 11.7 Å². The molecule has 0 radical (unpaired) electrons. The zero-order valence-corrected chi connectivity index (χ0v) is 14.6. The third kappa shape index (κ3) is 6.08. The molecule has 0 aliphatic heterocycles. The van der Waals surface area contributed by atoms with Crippen LogP contribution >= 0.6 is 11.6 Å². The van der Waals surface area contributed by atoms with Gasteiger partial charge in [0.25, 0.3) is 5.91 Å². The summed E-state index contributed by atoms with van der Waals surface area (Å²) in [6.07, 6.45) is 0. The number of carbonyl (C=O) groups is 1. The second kappa shape index (κ2) is 9.64. The van der Waals surface area contributed by atoms with Crippen LogP contribution in [-0.2, 0) is 6.54 Å². The molecular weight excluding hydrogens is 343 g/mol. The van der Waals surface area contributed by atoms with E-state index in [0.29, 0.717) is 41.7 Å². The van der Waals surface area contributed by atoms with E-state index in [0.717, 1.165) is 0 Å².